The van der Waals surface area contributed by atoms with Gasteiger partial charge >= 0.3 is 12.2 Å². The number of imidazole rings is 1. The van der Waals surface area contributed by atoms with Gasteiger partial charge in [-0.3, -0.25) is 4.98 Å². The maximum atomic E-state index is 13.3. The Morgan fingerprint density at radius 3 is 2.43 bits per heavy atom. The molecular formula is C34H36ClN5O4. The van der Waals surface area contributed by atoms with E-state index < -0.39 is 17.7 Å². The average molecular weight is 614 g/mol. The Hall–Kier alpha value is -4.11. The van der Waals surface area contributed by atoms with Gasteiger partial charge in [-0.2, -0.15) is 0 Å². The number of amides is 2. The summed E-state index contributed by atoms with van der Waals surface area (Å²) in [6.45, 7) is 5.08. The molecule has 1 atom stereocenters. The number of hydrogen-bond acceptors (Lipinski definition) is 6. The fourth-order valence-corrected chi connectivity index (χ4v) is 6.23. The third kappa shape index (κ3) is 5.61. The minimum atomic E-state index is -0.577. The van der Waals surface area contributed by atoms with Gasteiger partial charge in [-0.15, -0.1) is 0 Å². The van der Waals surface area contributed by atoms with Crippen molar-refractivity contribution in [2.75, 3.05) is 13.1 Å². The highest BCUT2D eigenvalue weighted by Crippen LogP contribution is 2.46. The van der Waals surface area contributed by atoms with Gasteiger partial charge in [-0.05, 0) is 93.3 Å². The molecule has 3 aromatic rings. The van der Waals surface area contributed by atoms with Crippen molar-refractivity contribution in [2.24, 2.45) is 7.05 Å². The first-order chi connectivity index (χ1) is 21.1. The van der Waals surface area contributed by atoms with Gasteiger partial charge in [-0.1, -0.05) is 29.3 Å². The van der Waals surface area contributed by atoms with Crippen LogP contribution in [-0.2, 0) is 16.5 Å². The number of carbonyl (C=O) groups excluding carboxylic acids is 2. The van der Waals surface area contributed by atoms with E-state index in [0.29, 0.717) is 31.0 Å². The van der Waals surface area contributed by atoms with Crippen LogP contribution in [0.5, 0.6) is 0 Å². The second-order valence-corrected chi connectivity index (χ2v) is 13.3. The summed E-state index contributed by atoms with van der Waals surface area (Å²) in [7, 11) is 1.91. The molecule has 10 heteroatoms. The SMILES string of the molecule is Cn1cncc1C(NC(=O)OC1(C)CC1)C1=Cc2cccnc2C(=C2CCN(C(=O)OC3(C)CC3)CC2)c2ccc(Cl)cc21. The number of pyridine rings is 1. The van der Waals surface area contributed by atoms with Crippen LogP contribution in [0.3, 0.4) is 0 Å². The third-order valence-electron chi connectivity index (χ3n) is 9.23. The summed E-state index contributed by atoms with van der Waals surface area (Å²) >= 11 is 6.67. The van der Waals surface area contributed by atoms with Gasteiger partial charge in [0, 0.05) is 42.5 Å². The smallest absolute Gasteiger partial charge is 0.410 e. The van der Waals surface area contributed by atoms with Crippen LogP contribution in [0.4, 0.5) is 9.59 Å². The zero-order valence-corrected chi connectivity index (χ0v) is 26.0. The number of aromatic nitrogens is 3. The zero-order valence-electron chi connectivity index (χ0n) is 25.2. The predicted octanol–water partition coefficient (Wildman–Crippen LogP) is 6.93. The topological polar surface area (TPSA) is 98.6 Å². The first-order valence-corrected chi connectivity index (χ1v) is 15.6. The summed E-state index contributed by atoms with van der Waals surface area (Å²) in [5.74, 6) is 0. The molecule has 0 bridgehead atoms. The molecule has 44 heavy (non-hydrogen) atoms. The van der Waals surface area contributed by atoms with Crippen molar-refractivity contribution in [3.8, 4) is 0 Å². The fourth-order valence-electron chi connectivity index (χ4n) is 6.05. The molecule has 9 nitrogen and oxygen atoms in total. The molecule has 0 radical (unpaired) electrons. The monoisotopic (exact) mass is 613 g/mol. The van der Waals surface area contributed by atoms with E-state index in [-0.39, 0.29) is 11.7 Å². The molecule has 2 aromatic heterocycles. The summed E-state index contributed by atoms with van der Waals surface area (Å²) in [4.78, 5) is 37.2. The number of piperidine rings is 1. The molecule has 3 heterocycles. The van der Waals surface area contributed by atoms with Crippen molar-refractivity contribution in [2.45, 2.75) is 69.6 Å². The molecule has 1 unspecified atom stereocenters. The number of nitrogens with zero attached hydrogens (tertiary/aromatic N) is 4. The maximum absolute atomic E-state index is 13.3. The fraction of sp³-hybridized carbons (Fsp3) is 0.412. The van der Waals surface area contributed by atoms with Crippen molar-refractivity contribution in [3.05, 3.63) is 87.7 Å². The Labute approximate surface area is 261 Å². The van der Waals surface area contributed by atoms with E-state index in [1.165, 1.54) is 5.57 Å². The highest BCUT2D eigenvalue weighted by Gasteiger charge is 2.44. The van der Waals surface area contributed by atoms with E-state index in [1.807, 2.05) is 60.7 Å². The van der Waals surface area contributed by atoms with Crippen molar-refractivity contribution in [1.29, 1.82) is 0 Å². The lowest BCUT2D eigenvalue weighted by Gasteiger charge is -2.31. The minimum absolute atomic E-state index is 0.235. The van der Waals surface area contributed by atoms with Gasteiger partial charge in [0.2, 0.25) is 0 Å². The molecule has 1 saturated heterocycles. The molecule has 228 valence electrons. The van der Waals surface area contributed by atoms with Crippen LogP contribution in [0, 0.1) is 0 Å². The number of carbonyl (C=O) groups is 2. The van der Waals surface area contributed by atoms with Gasteiger partial charge in [0.05, 0.1) is 23.9 Å². The number of halogens is 1. The van der Waals surface area contributed by atoms with E-state index in [4.69, 9.17) is 26.1 Å². The van der Waals surface area contributed by atoms with E-state index in [0.717, 1.165) is 64.9 Å². The largest absolute Gasteiger partial charge is 0.443 e. The molecule has 0 spiro atoms. The van der Waals surface area contributed by atoms with Crippen LogP contribution in [0.15, 0.2) is 54.6 Å². The van der Waals surface area contributed by atoms with Crippen LogP contribution in [0.1, 0.15) is 86.5 Å². The first-order valence-electron chi connectivity index (χ1n) is 15.2. The van der Waals surface area contributed by atoms with E-state index in [2.05, 4.69) is 16.4 Å². The normalized spacial score (nSPS) is 20.0. The number of alkyl carbamates (subject to hydrolysis) is 1. The maximum Gasteiger partial charge on any atom is 0.410 e. The molecule has 1 aromatic carbocycles. The summed E-state index contributed by atoms with van der Waals surface area (Å²) in [5.41, 5.74) is 6.85. The lowest BCUT2D eigenvalue weighted by atomic mass is 9.86. The molecule has 7 rings (SSSR count). The van der Waals surface area contributed by atoms with Crippen molar-refractivity contribution >= 4 is 41.0 Å². The first kappa shape index (κ1) is 28.6. The van der Waals surface area contributed by atoms with Crippen LogP contribution >= 0.6 is 11.6 Å². The Kier molecular flexibility index (Phi) is 7.03. The van der Waals surface area contributed by atoms with Crippen molar-refractivity contribution < 1.29 is 19.1 Å². The second-order valence-electron chi connectivity index (χ2n) is 12.9. The van der Waals surface area contributed by atoms with Crippen molar-refractivity contribution in [3.63, 3.8) is 0 Å². The Balaban J connectivity index is 1.31. The molecule has 4 aliphatic rings. The van der Waals surface area contributed by atoms with Crippen LogP contribution in [0.25, 0.3) is 17.2 Å². The molecule has 3 aliphatic carbocycles. The molecule has 1 aliphatic heterocycles. The average Bonchev–Trinajstić information content (AvgIpc) is 3.88. The highest BCUT2D eigenvalue weighted by molar-refractivity contribution is 6.31. The number of nitrogens with one attached hydrogen (secondary N) is 1. The van der Waals surface area contributed by atoms with Gasteiger partial charge in [0.1, 0.15) is 17.2 Å². The van der Waals surface area contributed by atoms with Gasteiger partial charge in [0.15, 0.2) is 0 Å². The van der Waals surface area contributed by atoms with Gasteiger partial charge in [-0.25, -0.2) is 14.6 Å². The third-order valence-corrected chi connectivity index (χ3v) is 9.47. The zero-order chi connectivity index (χ0) is 30.6. The quantitative estimate of drug-likeness (QED) is 0.335. The van der Waals surface area contributed by atoms with Crippen LogP contribution < -0.4 is 5.32 Å². The number of fused-ring (bicyclic) bond motifs is 2. The summed E-state index contributed by atoms with van der Waals surface area (Å²) < 4.78 is 13.5. The molecule has 2 saturated carbocycles. The lowest BCUT2D eigenvalue weighted by Crippen LogP contribution is -2.38. The number of ether oxygens (including phenoxy) is 2. The van der Waals surface area contributed by atoms with E-state index in [1.54, 1.807) is 18.7 Å². The Morgan fingerprint density at radius 1 is 1.02 bits per heavy atom. The Morgan fingerprint density at radius 2 is 1.75 bits per heavy atom. The van der Waals surface area contributed by atoms with Crippen molar-refractivity contribution in [1.82, 2.24) is 24.8 Å². The summed E-state index contributed by atoms with van der Waals surface area (Å²) in [6, 6.07) is 9.27. The number of likely N-dealkylation sites (tertiary alicyclic amines) is 1. The van der Waals surface area contributed by atoms with E-state index in [9.17, 15) is 9.59 Å². The molecule has 3 fully saturated rings. The van der Waals surface area contributed by atoms with Crippen LogP contribution in [0.2, 0.25) is 5.02 Å². The van der Waals surface area contributed by atoms with Gasteiger partial charge in [0.25, 0.3) is 0 Å². The minimum Gasteiger partial charge on any atom is -0.443 e. The second kappa shape index (κ2) is 10.8. The summed E-state index contributed by atoms with van der Waals surface area (Å²) in [5, 5.41) is 3.74. The van der Waals surface area contributed by atoms with Crippen LogP contribution in [-0.4, -0.2) is 55.9 Å². The standard InChI is InChI=1S/C34H36ClN5O4/c1-33(10-11-33)43-31(41)38-30(27-19-36-20-39(27)3)26-17-22-5-4-14-37-29(22)28(24-7-6-23(35)18-25(24)26)21-8-15-40(16-9-21)32(42)44-34(2)12-13-34/h4-7,14,17-20,30H,8-13,15-16H2,1-3H3,(H,38,41). The number of benzene rings is 1. The number of aryl methyl sites for hydroxylation is 1. The van der Waals surface area contributed by atoms with E-state index >= 15 is 0 Å². The Bertz CT molecular complexity index is 1710. The highest BCUT2D eigenvalue weighted by atomic mass is 35.5. The molecule has 1 N–H and O–H groups in total. The van der Waals surface area contributed by atoms with Gasteiger partial charge < -0.3 is 24.3 Å². The molecular weight excluding hydrogens is 578 g/mol. The number of hydrogen-bond donors (Lipinski definition) is 1. The summed E-state index contributed by atoms with van der Waals surface area (Å²) in [6.07, 6.45) is 11.6. The lowest BCUT2D eigenvalue weighted by molar-refractivity contribution is 0.0566. The molecule has 2 amide bonds. The predicted molar refractivity (Wildman–Crippen MR) is 168 cm³/mol. The number of rotatable bonds is 5.